The summed E-state index contributed by atoms with van der Waals surface area (Å²) in [6.07, 6.45) is 0.0714. The van der Waals surface area contributed by atoms with Crippen LogP contribution in [0.15, 0.2) is 88.1 Å². The minimum Gasteiger partial charge on any atom is -0.388 e. The monoisotopic (exact) mass is 526 g/mol. The molecule has 0 fully saturated rings. The zero-order valence-electron chi connectivity index (χ0n) is 23.6. The lowest BCUT2D eigenvalue weighted by molar-refractivity contribution is -0.137. The number of alkyl halides is 3. The first kappa shape index (κ1) is 32.4. The number of rotatable bonds is 11. The maximum Gasteiger partial charge on any atom is 0.417 e. The van der Waals surface area contributed by atoms with Crippen LogP contribution in [0.5, 0.6) is 0 Å². The summed E-state index contributed by atoms with van der Waals surface area (Å²) in [5, 5.41) is 6.38. The molecule has 0 aliphatic rings. The van der Waals surface area contributed by atoms with Crippen molar-refractivity contribution in [3.8, 4) is 0 Å². The third-order valence-electron chi connectivity index (χ3n) is 5.61. The molecule has 4 nitrogen and oxygen atoms in total. The number of aryl methyl sites for hydroxylation is 1. The van der Waals surface area contributed by atoms with Crippen LogP contribution in [0.25, 0.3) is 5.70 Å². The molecule has 7 heteroatoms. The van der Waals surface area contributed by atoms with Gasteiger partial charge in [-0.25, -0.2) is 0 Å². The second-order valence-corrected chi connectivity index (χ2v) is 8.52. The molecule has 0 aliphatic heterocycles. The van der Waals surface area contributed by atoms with E-state index >= 15 is 0 Å². The summed E-state index contributed by atoms with van der Waals surface area (Å²) < 4.78 is 39.7. The second-order valence-electron chi connectivity index (χ2n) is 8.52. The van der Waals surface area contributed by atoms with E-state index in [0.29, 0.717) is 19.5 Å². The third-order valence-corrected chi connectivity index (χ3v) is 5.61. The molecular formula is C31H41F3N4. The zero-order chi connectivity index (χ0) is 28.7. The van der Waals surface area contributed by atoms with Gasteiger partial charge in [0.05, 0.1) is 11.3 Å². The molecule has 2 rings (SSSR count). The van der Waals surface area contributed by atoms with Crippen molar-refractivity contribution in [2.75, 3.05) is 20.1 Å². The average Bonchev–Trinajstić information content (AvgIpc) is 2.89. The van der Waals surface area contributed by atoms with Crippen LogP contribution >= 0.6 is 0 Å². The molecule has 0 bridgehead atoms. The second kappa shape index (κ2) is 16.3. The number of aliphatic imine (C=N–C) groups is 2. The summed E-state index contributed by atoms with van der Waals surface area (Å²) >= 11 is 0. The van der Waals surface area contributed by atoms with Crippen LogP contribution < -0.4 is 10.6 Å². The number of hydrogen-bond acceptors (Lipinski definition) is 4. The topological polar surface area (TPSA) is 48.8 Å². The lowest BCUT2D eigenvalue weighted by Gasteiger charge is -2.16. The molecule has 0 spiro atoms. The van der Waals surface area contributed by atoms with E-state index in [9.17, 15) is 13.2 Å². The summed E-state index contributed by atoms with van der Waals surface area (Å²) in [5.41, 5.74) is 5.45. The Bertz CT molecular complexity index is 1170. The number of benzene rings is 2. The molecule has 0 aliphatic carbocycles. The van der Waals surface area contributed by atoms with Crippen molar-refractivity contribution >= 4 is 17.6 Å². The summed E-state index contributed by atoms with van der Waals surface area (Å²) in [5.74, 6) is 0. The molecule has 38 heavy (non-hydrogen) atoms. The SMILES string of the molecule is C=C(NCCCN/C(C)=C/C(=N\C(C)=C(/C)C=NC)c1ccccc1C)c1ccccc1C(F)(F)F.CC. The zero-order valence-corrected chi connectivity index (χ0v) is 23.6. The summed E-state index contributed by atoms with van der Waals surface area (Å²) in [4.78, 5) is 8.94. The fraction of sp³-hybridized carbons (Fsp3) is 0.355. The van der Waals surface area contributed by atoms with Gasteiger partial charge in [-0.3, -0.25) is 9.98 Å². The normalized spacial score (nSPS) is 13.0. The highest BCUT2D eigenvalue weighted by Crippen LogP contribution is 2.33. The number of halogens is 3. The maximum absolute atomic E-state index is 13.2. The molecule has 0 amide bonds. The van der Waals surface area contributed by atoms with Gasteiger partial charge in [-0.15, -0.1) is 0 Å². The van der Waals surface area contributed by atoms with Crippen LogP contribution in [-0.4, -0.2) is 32.1 Å². The Labute approximate surface area is 226 Å². The van der Waals surface area contributed by atoms with Crippen LogP contribution in [0, 0.1) is 6.92 Å². The Balaban J connectivity index is 0.00000352. The minimum absolute atomic E-state index is 0.0694. The number of allylic oxidation sites excluding steroid dienone is 4. The fourth-order valence-electron chi connectivity index (χ4n) is 3.54. The molecule has 0 aromatic heterocycles. The van der Waals surface area contributed by atoms with Crippen LogP contribution in [0.2, 0.25) is 0 Å². The molecule has 206 valence electrons. The number of nitrogens with zero attached hydrogens (tertiary/aromatic N) is 2. The van der Waals surface area contributed by atoms with Crippen LogP contribution in [0.3, 0.4) is 0 Å². The Morgan fingerprint density at radius 2 is 1.50 bits per heavy atom. The maximum atomic E-state index is 13.2. The van der Waals surface area contributed by atoms with Gasteiger partial charge in [-0.05, 0) is 57.4 Å². The van der Waals surface area contributed by atoms with Gasteiger partial charge in [0.1, 0.15) is 0 Å². The van der Waals surface area contributed by atoms with E-state index in [0.717, 1.165) is 39.9 Å². The van der Waals surface area contributed by atoms with Crippen LogP contribution in [0.1, 0.15) is 63.3 Å². The molecule has 2 aromatic rings. The van der Waals surface area contributed by atoms with Gasteiger partial charge < -0.3 is 10.6 Å². The molecule has 2 aromatic carbocycles. The Morgan fingerprint density at radius 3 is 2.11 bits per heavy atom. The predicted molar refractivity (Wildman–Crippen MR) is 157 cm³/mol. The van der Waals surface area contributed by atoms with Crippen LogP contribution in [0.4, 0.5) is 13.2 Å². The predicted octanol–water partition coefficient (Wildman–Crippen LogP) is 7.97. The van der Waals surface area contributed by atoms with E-state index in [1.54, 1.807) is 19.3 Å². The van der Waals surface area contributed by atoms with Crippen molar-refractivity contribution in [1.29, 1.82) is 0 Å². The quantitative estimate of drug-likeness (QED) is 0.230. The average molecular weight is 527 g/mol. The van der Waals surface area contributed by atoms with Gasteiger partial charge in [0, 0.05) is 54.6 Å². The Hall–Kier alpha value is -3.61. The van der Waals surface area contributed by atoms with E-state index < -0.39 is 11.7 Å². The Morgan fingerprint density at radius 1 is 0.921 bits per heavy atom. The lowest BCUT2D eigenvalue weighted by atomic mass is 10.0. The summed E-state index contributed by atoms with van der Waals surface area (Å²) in [6.45, 7) is 16.9. The first-order valence-electron chi connectivity index (χ1n) is 12.8. The van der Waals surface area contributed by atoms with Crippen molar-refractivity contribution in [2.24, 2.45) is 9.98 Å². The highest BCUT2D eigenvalue weighted by molar-refractivity contribution is 6.10. The molecule has 0 heterocycles. The first-order valence-corrected chi connectivity index (χ1v) is 12.8. The van der Waals surface area contributed by atoms with E-state index in [2.05, 4.69) is 35.2 Å². The Kier molecular flexibility index (Phi) is 13.9. The van der Waals surface area contributed by atoms with Gasteiger partial charge in [-0.2, -0.15) is 13.2 Å². The van der Waals surface area contributed by atoms with E-state index in [1.165, 1.54) is 12.1 Å². The molecule has 0 unspecified atom stereocenters. The van der Waals surface area contributed by atoms with Crippen molar-refractivity contribution < 1.29 is 13.2 Å². The summed E-state index contributed by atoms with van der Waals surface area (Å²) in [7, 11) is 1.73. The summed E-state index contributed by atoms with van der Waals surface area (Å²) in [6, 6.07) is 13.5. The molecular weight excluding hydrogens is 485 g/mol. The molecule has 0 saturated carbocycles. The standard InChI is InChI=1S/C29H35F3N4.C2H6/c1-20-12-7-8-13-25(20)28(36-23(4)21(2)19-33-6)18-22(3)34-16-11-17-35-24(5)26-14-9-10-15-27(26)29(30,31)32;1-2/h7-10,12-15,18-19,34-35H,5,11,16-17H2,1-4,6H3;1-2H3/b22-18+,23-21+,33-19?,36-28+;. The van der Waals surface area contributed by atoms with Crippen molar-refractivity contribution in [3.63, 3.8) is 0 Å². The lowest BCUT2D eigenvalue weighted by Crippen LogP contribution is -2.21. The fourth-order valence-corrected chi connectivity index (χ4v) is 3.54. The van der Waals surface area contributed by atoms with Crippen molar-refractivity contribution in [2.45, 2.75) is 54.1 Å². The van der Waals surface area contributed by atoms with Gasteiger partial charge in [0.15, 0.2) is 0 Å². The number of nitrogens with one attached hydrogen (secondary N) is 2. The number of hydrogen-bond donors (Lipinski definition) is 2. The van der Waals surface area contributed by atoms with E-state index in [1.807, 2.05) is 58.9 Å². The van der Waals surface area contributed by atoms with Gasteiger partial charge >= 0.3 is 6.18 Å². The minimum atomic E-state index is -4.42. The largest absolute Gasteiger partial charge is 0.417 e. The highest BCUT2D eigenvalue weighted by atomic mass is 19.4. The first-order chi connectivity index (χ1) is 18.0. The van der Waals surface area contributed by atoms with E-state index in [4.69, 9.17) is 4.99 Å². The molecule has 2 N–H and O–H groups in total. The van der Waals surface area contributed by atoms with E-state index in [-0.39, 0.29) is 11.3 Å². The third kappa shape index (κ3) is 10.4. The van der Waals surface area contributed by atoms with Crippen molar-refractivity contribution in [3.05, 3.63) is 100 Å². The van der Waals surface area contributed by atoms with Gasteiger partial charge in [0.2, 0.25) is 0 Å². The van der Waals surface area contributed by atoms with Crippen LogP contribution in [-0.2, 0) is 6.18 Å². The highest BCUT2D eigenvalue weighted by Gasteiger charge is 2.33. The molecule has 0 radical (unpaired) electrons. The smallest absolute Gasteiger partial charge is 0.388 e. The molecule has 0 atom stereocenters. The van der Waals surface area contributed by atoms with Gasteiger partial charge in [-0.1, -0.05) is 62.9 Å². The van der Waals surface area contributed by atoms with Crippen molar-refractivity contribution in [1.82, 2.24) is 10.6 Å². The molecule has 0 saturated heterocycles. The van der Waals surface area contributed by atoms with Gasteiger partial charge in [0.25, 0.3) is 0 Å².